The first-order chi connectivity index (χ1) is 11.6. The van der Waals surface area contributed by atoms with Gasteiger partial charge in [-0.2, -0.15) is 0 Å². The SMILES string of the molecule is Cc1ccc(-c2ccc(-c3cn4c(n3)CCCC4)c(F)c2)cc1C. The summed E-state index contributed by atoms with van der Waals surface area (Å²) in [6.07, 6.45) is 5.33. The molecule has 24 heavy (non-hydrogen) atoms. The molecule has 1 aliphatic heterocycles. The monoisotopic (exact) mass is 320 g/mol. The van der Waals surface area contributed by atoms with E-state index in [2.05, 4.69) is 35.5 Å². The summed E-state index contributed by atoms with van der Waals surface area (Å²) in [6.45, 7) is 5.16. The van der Waals surface area contributed by atoms with Crippen molar-refractivity contribution in [2.75, 3.05) is 0 Å². The highest BCUT2D eigenvalue weighted by molar-refractivity contribution is 5.70. The Labute approximate surface area is 142 Å². The molecule has 0 saturated heterocycles. The van der Waals surface area contributed by atoms with Gasteiger partial charge in [-0.05, 0) is 61.1 Å². The second kappa shape index (κ2) is 5.90. The van der Waals surface area contributed by atoms with E-state index < -0.39 is 0 Å². The van der Waals surface area contributed by atoms with Crippen molar-refractivity contribution in [1.82, 2.24) is 9.55 Å². The molecule has 0 atom stereocenters. The van der Waals surface area contributed by atoms with E-state index in [0.717, 1.165) is 35.6 Å². The van der Waals surface area contributed by atoms with Gasteiger partial charge in [-0.15, -0.1) is 0 Å². The number of nitrogens with zero attached hydrogens (tertiary/aromatic N) is 2. The van der Waals surface area contributed by atoms with Gasteiger partial charge in [-0.3, -0.25) is 0 Å². The minimum absolute atomic E-state index is 0.207. The highest BCUT2D eigenvalue weighted by Crippen LogP contribution is 2.29. The maximum Gasteiger partial charge on any atom is 0.133 e. The van der Waals surface area contributed by atoms with Gasteiger partial charge in [0.25, 0.3) is 0 Å². The Morgan fingerprint density at radius 1 is 0.958 bits per heavy atom. The molecule has 2 nitrogen and oxygen atoms in total. The number of fused-ring (bicyclic) bond motifs is 1. The van der Waals surface area contributed by atoms with Gasteiger partial charge in [0.1, 0.15) is 11.6 Å². The summed E-state index contributed by atoms with van der Waals surface area (Å²) in [5.74, 6) is 0.870. The first-order valence-electron chi connectivity index (χ1n) is 8.55. The average Bonchev–Trinajstić information content (AvgIpc) is 3.01. The predicted molar refractivity (Wildman–Crippen MR) is 95.5 cm³/mol. The van der Waals surface area contributed by atoms with E-state index in [0.29, 0.717) is 5.56 Å². The number of aromatic nitrogens is 2. The second-order valence-electron chi connectivity index (χ2n) is 6.69. The fourth-order valence-corrected chi connectivity index (χ4v) is 3.37. The fourth-order valence-electron chi connectivity index (χ4n) is 3.37. The largest absolute Gasteiger partial charge is 0.334 e. The van der Waals surface area contributed by atoms with Gasteiger partial charge in [0.15, 0.2) is 0 Å². The molecule has 0 aliphatic carbocycles. The zero-order chi connectivity index (χ0) is 16.7. The van der Waals surface area contributed by atoms with Crippen molar-refractivity contribution >= 4 is 0 Å². The second-order valence-corrected chi connectivity index (χ2v) is 6.69. The summed E-state index contributed by atoms with van der Waals surface area (Å²) >= 11 is 0. The van der Waals surface area contributed by atoms with Crippen molar-refractivity contribution in [1.29, 1.82) is 0 Å². The number of imidazole rings is 1. The van der Waals surface area contributed by atoms with Crippen LogP contribution in [0.2, 0.25) is 0 Å². The molecule has 3 heteroatoms. The van der Waals surface area contributed by atoms with Crippen LogP contribution < -0.4 is 0 Å². The molecular formula is C21H21FN2. The number of aryl methyl sites for hydroxylation is 4. The molecule has 0 spiro atoms. The molecule has 1 aromatic heterocycles. The number of hydrogen-bond donors (Lipinski definition) is 0. The van der Waals surface area contributed by atoms with Crippen LogP contribution in [0.3, 0.4) is 0 Å². The molecule has 2 heterocycles. The predicted octanol–water partition coefficient (Wildman–Crippen LogP) is 5.31. The van der Waals surface area contributed by atoms with Crippen molar-refractivity contribution in [3.8, 4) is 22.4 Å². The lowest BCUT2D eigenvalue weighted by atomic mass is 9.99. The number of hydrogen-bond acceptors (Lipinski definition) is 1. The maximum absolute atomic E-state index is 14.7. The van der Waals surface area contributed by atoms with E-state index >= 15 is 0 Å². The van der Waals surface area contributed by atoms with Gasteiger partial charge in [0.2, 0.25) is 0 Å². The molecule has 122 valence electrons. The summed E-state index contributed by atoms with van der Waals surface area (Å²) in [5.41, 5.74) is 5.76. The maximum atomic E-state index is 14.7. The standard InChI is InChI=1S/C21H21FN2/c1-14-6-7-16(11-15(14)2)17-8-9-18(19(22)12-17)20-13-24-10-4-3-5-21(24)23-20/h6-9,11-13H,3-5,10H2,1-2H3. The smallest absolute Gasteiger partial charge is 0.133 e. The minimum Gasteiger partial charge on any atom is -0.334 e. The van der Waals surface area contributed by atoms with Gasteiger partial charge in [0, 0.05) is 24.7 Å². The van der Waals surface area contributed by atoms with Crippen molar-refractivity contribution in [2.24, 2.45) is 0 Å². The topological polar surface area (TPSA) is 17.8 Å². The third kappa shape index (κ3) is 2.64. The zero-order valence-electron chi connectivity index (χ0n) is 14.1. The Bertz CT molecular complexity index is 885. The normalized spacial score (nSPS) is 13.8. The summed E-state index contributed by atoms with van der Waals surface area (Å²) in [5, 5.41) is 0. The highest BCUT2D eigenvalue weighted by Gasteiger charge is 2.16. The molecule has 0 saturated carbocycles. The molecule has 0 fully saturated rings. The third-order valence-electron chi connectivity index (χ3n) is 4.99. The van der Waals surface area contributed by atoms with Crippen LogP contribution in [0.4, 0.5) is 4.39 Å². The van der Waals surface area contributed by atoms with Crippen LogP contribution in [0.1, 0.15) is 29.8 Å². The van der Waals surface area contributed by atoms with Crippen molar-refractivity contribution < 1.29 is 4.39 Å². The molecule has 0 amide bonds. The van der Waals surface area contributed by atoms with Gasteiger partial charge in [0.05, 0.1) is 5.69 Å². The van der Waals surface area contributed by atoms with Crippen LogP contribution in [0.5, 0.6) is 0 Å². The Hall–Kier alpha value is -2.42. The van der Waals surface area contributed by atoms with E-state index in [-0.39, 0.29) is 5.82 Å². The van der Waals surface area contributed by atoms with Gasteiger partial charge in [-0.25, -0.2) is 9.37 Å². The fraction of sp³-hybridized carbons (Fsp3) is 0.286. The van der Waals surface area contributed by atoms with E-state index in [1.807, 2.05) is 24.4 Å². The lowest BCUT2D eigenvalue weighted by Gasteiger charge is -2.11. The van der Waals surface area contributed by atoms with E-state index in [1.54, 1.807) is 6.07 Å². The zero-order valence-corrected chi connectivity index (χ0v) is 14.1. The van der Waals surface area contributed by atoms with Gasteiger partial charge in [-0.1, -0.05) is 24.3 Å². The highest BCUT2D eigenvalue weighted by atomic mass is 19.1. The molecule has 2 aromatic carbocycles. The lowest BCUT2D eigenvalue weighted by molar-refractivity contribution is 0.522. The molecule has 0 N–H and O–H groups in total. The van der Waals surface area contributed by atoms with E-state index in [4.69, 9.17) is 0 Å². The van der Waals surface area contributed by atoms with Crippen molar-refractivity contribution in [2.45, 2.75) is 39.7 Å². The van der Waals surface area contributed by atoms with Crippen LogP contribution in [-0.2, 0) is 13.0 Å². The molecular weight excluding hydrogens is 299 g/mol. The van der Waals surface area contributed by atoms with Gasteiger partial charge >= 0.3 is 0 Å². The van der Waals surface area contributed by atoms with E-state index in [1.165, 1.54) is 24.0 Å². The molecule has 0 unspecified atom stereocenters. The number of rotatable bonds is 2. The molecule has 4 rings (SSSR count). The quantitative estimate of drug-likeness (QED) is 0.626. The Morgan fingerprint density at radius 3 is 2.50 bits per heavy atom. The van der Waals surface area contributed by atoms with Crippen LogP contribution in [0.15, 0.2) is 42.6 Å². The first-order valence-corrected chi connectivity index (χ1v) is 8.55. The van der Waals surface area contributed by atoms with Crippen LogP contribution in [0, 0.1) is 19.7 Å². The average molecular weight is 320 g/mol. The van der Waals surface area contributed by atoms with E-state index in [9.17, 15) is 4.39 Å². The first kappa shape index (κ1) is 15.1. The van der Waals surface area contributed by atoms with Crippen LogP contribution >= 0.6 is 0 Å². The molecule has 3 aromatic rings. The number of halogens is 1. The summed E-state index contributed by atoms with van der Waals surface area (Å²) in [7, 11) is 0. The summed E-state index contributed by atoms with van der Waals surface area (Å²) in [6, 6.07) is 11.7. The van der Waals surface area contributed by atoms with Crippen LogP contribution in [0.25, 0.3) is 22.4 Å². The molecule has 1 aliphatic rings. The summed E-state index contributed by atoms with van der Waals surface area (Å²) < 4.78 is 16.9. The Balaban J connectivity index is 1.71. The van der Waals surface area contributed by atoms with Crippen LogP contribution in [-0.4, -0.2) is 9.55 Å². The Morgan fingerprint density at radius 2 is 1.75 bits per heavy atom. The van der Waals surface area contributed by atoms with Gasteiger partial charge < -0.3 is 4.57 Å². The minimum atomic E-state index is -0.207. The molecule has 0 bridgehead atoms. The van der Waals surface area contributed by atoms with Crippen molar-refractivity contribution in [3.05, 3.63) is 65.4 Å². The third-order valence-corrected chi connectivity index (χ3v) is 4.99. The molecule has 0 radical (unpaired) electrons. The Kier molecular flexibility index (Phi) is 3.72. The van der Waals surface area contributed by atoms with Crippen molar-refractivity contribution in [3.63, 3.8) is 0 Å². The summed E-state index contributed by atoms with van der Waals surface area (Å²) in [4.78, 5) is 4.63. The number of benzene rings is 2. The lowest BCUT2D eigenvalue weighted by Crippen LogP contribution is -2.08.